The second-order valence-electron chi connectivity index (χ2n) is 7.48. The second kappa shape index (κ2) is 22.1. The first-order valence-corrected chi connectivity index (χ1v) is 13.1. The fourth-order valence-electron chi connectivity index (χ4n) is 2.58. The molecule has 0 aromatic rings. The summed E-state index contributed by atoms with van der Waals surface area (Å²) in [5.41, 5.74) is 0. The quantitative estimate of drug-likeness (QED) is 0.0758. The van der Waals surface area contributed by atoms with Gasteiger partial charge in [-0.1, -0.05) is 63.5 Å². The van der Waals surface area contributed by atoms with Gasteiger partial charge in [-0.15, -0.1) is 8.67 Å². The monoisotopic (exact) mass is 574 g/mol. The SMILES string of the molecule is CCCCN(CCCC)C(=O)C(F)(F)SOOO.CCCCN(CCCC)C(=O)C(F)(F)SOOO. The van der Waals surface area contributed by atoms with Crippen molar-refractivity contribution in [2.75, 3.05) is 26.2 Å². The summed E-state index contributed by atoms with van der Waals surface area (Å²) < 4.78 is 60.8. The first-order valence-electron chi connectivity index (χ1n) is 11.6. The zero-order chi connectivity index (χ0) is 28.0. The molecule has 0 aliphatic heterocycles. The van der Waals surface area contributed by atoms with Crippen molar-refractivity contribution in [1.82, 2.24) is 9.80 Å². The molecular formula is C20H38F4N2O8S2. The van der Waals surface area contributed by atoms with Gasteiger partial charge in [-0.3, -0.25) is 9.59 Å². The van der Waals surface area contributed by atoms with Gasteiger partial charge in [-0.2, -0.15) is 17.6 Å². The molecule has 0 saturated heterocycles. The molecule has 10 nitrogen and oxygen atoms in total. The van der Waals surface area contributed by atoms with Crippen molar-refractivity contribution in [3.05, 3.63) is 0 Å². The summed E-state index contributed by atoms with van der Waals surface area (Å²) >= 11 is -1.03. The van der Waals surface area contributed by atoms with Gasteiger partial charge < -0.3 is 9.80 Å². The summed E-state index contributed by atoms with van der Waals surface area (Å²) in [6.45, 7) is 8.79. The third kappa shape index (κ3) is 16.8. The molecule has 0 spiro atoms. The van der Waals surface area contributed by atoms with Crippen LogP contribution in [0.15, 0.2) is 0 Å². The van der Waals surface area contributed by atoms with Crippen LogP contribution in [0.25, 0.3) is 0 Å². The predicted molar refractivity (Wildman–Crippen MR) is 127 cm³/mol. The molecular weight excluding hydrogens is 536 g/mol. The van der Waals surface area contributed by atoms with Crippen molar-refractivity contribution in [3.8, 4) is 0 Å². The van der Waals surface area contributed by atoms with Crippen LogP contribution in [0, 0.1) is 0 Å². The van der Waals surface area contributed by atoms with Crippen LogP contribution in [0.3, 0.4) is 0 Å². The van der Waals surface area contributed by atoms with Gasteiger partial charge in [0.05, 0.1) is 0 Å². The van der Waals surface area contributed by atoms with Gasteiger partial charge in [0.25, 0.3) is 0 Å². The molecule has 36 heavy (non-hydrogen) atoms. The molecule has 0 aliphatic rings. The summed E-state index contributed by atoms with van der Waals surface area (Å²) in [5.74, 6) is -2.65. The fraction of sp³-hybridized carbons (Fsp3) is 0.900. The highest BCUT2D eigenvalue weighted by Crippen LogP contribution is 2.33. The van der Waals surface area contributed by atoms with Crippen LogP contribution in [-0.2, 0) is 28.3 Å². The average Bonchev–Trinajstić information content (AvgIpc) is 2.86. The molecule has 0 radical (unpaired) electrons. The Morgan fingerprint density at radius 2 is 0.889 bits per heavy atom. The Balaban J connectivity index is 0. The Morgan fingerprint density at radius 1 is 0.639 bits per heavy atom. The van der Waals surface area contributed by atoms with E-state index in [1.165, 1.54) is 0 Å². The molecule has 0 rings (SSSR count). The van der Waals surface area contributed by atoms with E-state index in [-0.39, 0.29) is 26.2 Å². The Labute approximate surface area is 218 Å². The molecule has 0 unspecified atom stereocenters. The van der Waals surface area contributed by atoms with E-state index in [1.807, 2.05) is 27.7 Å². The Kier molecular flexibility index (Phi) is 22.9. The van der Waals surface area contributed by atoms with E-state index in [9.17, 15) is 27.2 Å². The first kappa shape index (κ1) is 37.3. The van der Waals surface area contributed by atoms with Crippen LogP contribution in [0.5, 0.6) is 0 Å². The van der Waals surface area contributed by atoms with Gasteiger partial charge in [0.1, 0.15) is 24.1 Å². The second-order valence-corrected chi connectivity index (χ2v) is 9.11. The highest BCUT2D eigenvalue weighted by Gasteiger charge is 2.45. The number of carbonyl (C=O) groups excluding carboxylic acids is 2. The third-order valence-electron chi connectivity index (χ3n) is 4.54. The lowest BCUT2D eigenvalue weighted by atomic mass is 10.2. The molecule has 0 aliphatic carbocycles. The number of nitrogens with zero attached hydrogens (tertiary/aromatic N) is 2. The molecule has 0 bridgehead atoms. The summed E-state index contributed by atoms with van der Waals surface area (Å²) in [6.07, 6.45) is 5.88. The molecule has 0 saturated carbocycles. The Morgan fingerprint density at radius 3 is 1.08 bits per heavy atom. The van der Waals surface area contributed by atoms with Crippen LogP contribution < -0.4 is 0 Å². The predicted octanol–water partition coefficient (Wildman–Crippen LogP) is 6.15. The van der Waals surface area contributed by atoms with Gasteiger partial charge >= 0.3 is 22.3 Å². The first-order chi connectivity index (χ1) is 17.0. The number of carbonyl (C=O) groups is 2. The third-order valence-corrected chi connectivity index (χ3v) is 5.56. The normalized spacial score (nSPS) is 11.6. The van der Waals surface area contributed by atoms with Crippen molar-refractivity contribution in [1.29, 1.82) is 0 Å². The van der Waals surface area contributed by atoms with E-state index in [0.29, 0.717) is 25.7 Å². The van der Waals surface area contributed by atoms with Gasteiger partial charge in [0.15, 0.2) is 0 Å². The van der Waals surface area contributed by atoms with E-state index in [4.69, 9.17) is 10.5 Å². The van der Waals surface area contributed by atoms with E-state index < -0.39 is 46.4 Å². The van der Waals surface area contributed by atoms with Crippen LogP contribution in [0.1, 0.15) is 79.1 Å². The van der Waals surface area contributed by atoms with Crippen LogP contribution in [0.4, 0.5) is 17.6 Å². The number of amides is 2. The van der Waals surface area contributed by atoms with Crippen molar-refractivity contribution in [2.24, 2.45) is 0 Å². The molecule has 0 aromatic heterocycles. The number of hydrogen-bond donors (Lipinski definition) is 2. The van der Waals surface area contributed by atoms with Gasteiger partial charge in [0, 0.05) is 26.2 Å². The molecule has 0 heterocycles. The van der Waals surface area contributed by atoms with Crippen molar-refractivity contribution < 1.29 is 56.4 Å². The number of alkyl halides is 4. The molecule has 0 aromatic carbocycles. The van der Waals surface area contributed by atoms with E-state index in [0.717, 1.165) is 35.5 Å². The highest BCUT2D eigenvalue weighted by molar-refractivity contribution is 7.96. The van der Waals surface area contributed by atoms with E-state index in [1.54, 1.807) is 0 Å². The summed E-state index contributed by atoms with van der Waals surface area (Å²) in [6, 6.07) is 0. The minimum Gasteiger partial charge on any atom is -0.337 e. The van der Waals surface area contributed by atoms with Crippen molar-refractivity contribution in [2.45, 2.75) is 89.6 Å². The molecule has 216 valence electrons. The standard InChI is InChI=1S/2C10H19F2NO4S/c2*1-3-5-7-13(8-6-4-2)9(14)10(11,12)18-17-16-15/h2*15H,3-8H2,1-2H3. The minimum atomic E-state index is -3.77. The Bertz CT molecular complexity index is 520. The molecule has 16 heteroatoms. The maximum atomic E-state index is 13.4. The van der Waals surface area contributed by atoms with Gasteiger partial charge in [-0.25, -0.2) is 10.5 Å². The fourth-order valence-corrected chi connectivity index (χ4v) is 3.21. The van der Waals surface area contributed by atoms with Gasteiger partial charge in [-0.05, 0) is 25.7 Å². The topological polar surface area (TPSA) is 118 Å². The summed E-state index contributed by atoms with van der Waals surface area (Å²) in [7, 11) is 0. The zero-order valence-corrected chi connectivity index (χ0v) is 22.7. The number of hydrogen-bond acceptors (Lipinski definition) is 10. The lowest BCUT2D eigenvalue weighted by Crippen LogP contribution is -2.42. The lowest BCUT2D eigenvalue weighted by Gasteiger charge is -2.25. The number of rotatable bonds is 20. The largest absolute Gasteiger partial charge is 0.397 e. The maximum absolute atomic E-state index is 13.4. The van der Waals surface area contributed by atoms with Crippen LogP contribution in [-0.4, -0.2) is 68.8 Å². The van der Waals surface area contributed by atoms with Crippen LogP contribution >= 0.6 is 24.1 Å². The zero-order valence-electron chi connectivity index (χ0n) is 21.1. The van der Waals surface area contributed by atoms with E-state index in [2.05, 4.69) is 18.7 Å². The maximum Gasteiger partial charge on any atom is 0.397 e. The molecule has 2 amide bonds. The lowest BCUT2D eigenvalue weighted by molar-refractivity contribution is -0.433. The minimum absolute atomic E-state index is 0.283. The molecule has 0 atom stereocenters. The van der Waals surface area contributed by atoms with Gasteiger partial charge in [0.2, 0.25) is 0 Å². The van der Waals surface area contributed by atoms with Crippen molar-refractivity contribution in [3.63, 3.8) is 0 Å². The highest BCUT2D eigenvalue weighted by atomic mass is 32.2. The summed E-state index contributed by atoms with van der Waals surface area (Å²) in [4.78, 5) is 25.5. The molecule has 2 N–H and O–H groups in total. The van der Waals surface area contributed by atoms with E-state index >= 15 is 0 Å². The van der Waals surface area contributed by atoms with Crippen LogP contribution in [0.2, 0.25) is 0 Å². The number of unbranched alkanes of at least 4 members (excludes halogenated alkanes) is 4. The summed E-state index contributed by atoms with van der Waals surface area (Å²) in [5, 5.41) is 14.3. The smallest absolute Gasteiger partial charge is 0.337 e. The Hall–Kier alpha value is -0.880. The number of halogens is 4. The molecule has 0 fully saturated rings. The average molecular weight is 575 g/mol. The van der Waals surface area contributed by atoms with Crippen molar-refractivity contribution >= 4 is 35.9 Å².